The van der Waals surface area contributed by atoms with E-state index >= 15 is 0 Å². The van der Waals surface area contributed by atoms with Crippen molar-refractivity contribution in [2.45, 2.75) is 6.04 Å². The molecule has 11 heavy (non-hydrogen) atoms. The average Bonchev–Trinajstić information content (AvgIpc) is 2.87. The number of rotatable bonds is 2. The van der Waals surface area contributed by atoms with E-state index in [1.165, 1.54) is 11.3 Å². The molecular formula is C9H12N2. The summed E-state index contributed by atoms with van der Waals surface area (Å²) in [6.45, 7) is 1.14. The molecule has 2 nitrogen and oxygen atoms in total. The standard InChI is InChI=1S/C9H12N2/c1-10-8-4-2-7(3-5-8)9-6-11-9/h2-5,9-11H,6H2,1H3. The molecule has 1 fully saturated rings. The quantitative estimate of drug-likeness (QED) is 0.621. The van der Waals surface area contributed by atoms with Gasteiger partial charge in [-0.25, -0.2) is 0 Å². The second-order valence-corrected chi connectivity index (χ2v) is 2.83. The van der Waals surface area contributed by atoms with Gasteiger partial charge in [-0.05, 0) is 17.7 Å². The molecule has 2 N–H and O–H groups in total. The Bertz CT molecular complexity index is 236. The molecule has 1 aliphatic heterocycles. The van der Waals surface area contributed by atoms with Crippen LogP contribution in [-0.2, 0) is 0 Å². The van der Waals surface area contributed by atoms with Crippen LogP contribution < -0.4 is 10.6 Å². The molecule has 0 bridgehead atoms. The average molecular weight is 148 g/mol. The van der Waals surface area contributed by atoms with Crippen molar-refractivity contribution in [3.8, 4) is 0 Å². The Morgan fingerprint density at radius 2 is 2.00 bits per heavy atom. The van der Waals surface area contributed by atoms with Crippen LogP contribution in [0.3, 0.4) is 0 Å². The Labute approximate surface area is 66.6 Å². The lowest BCUT2D eigenvalue weighted by Crippen LogP contribution is -1.88. The molecule has 0 aromatic heterocycles. The maximum absolute atomic E-state index is 3.27. The summed E-state index contributed by atoms with van der Waals surface area (Å²) in [4.78, 5) is 0. The molecule has 1 saturated heterocycles. The lowest BCUT2D eigenvalue weighted by atomic mass is 10.1. The van der Waals surface area contributed by atoms with Gasteiger partial charge >= 0.3 is 0 Å². The van der Waals surface area contributed by atoms with Crippen molar-refractivity contribution < 1.29 is 0 Å². The Kier molecular flexibility index (Phi) is 1.55. The van der Waals surface area contributed by atoms with Crippen LogP contribution in [0.25, 0.3) is 0 Å². The van der Waals surface area contributed by atoms with Crippen molar-refractivity contribution in [3.05, 3.63) is 29.8 Å². The van der Waals surface area contributed by atoms with Gasteiger partial charge in [-0.3, -0.25) is 0 Å². The van der Waals surface area contributed by atoms with Gasteiger partial charge in [0.15, 0.2) is 0 Å². The van der Waals surface area contributed by atoms with Crippen LogP contribution in [0, 0.1) is 0 Å². The van der Waals surface area contributed by atoms with E-state index in [2.05, 4.69) is 34.9 Å². The van der Waals surface area contributed by atoms with E-state index in [0.29, 0.717) is 6.04 Å². The monoisotopic (exact) mass is 148 g/mol. The van der Waals surface area contributed by atoms with Crippen LogP contribution in [0.5, 0.6) is 0 Å². The highest BCUT2D eigenvalue weighted by atomic mass is 15.1. The van der Waals surface area contributed by atoms with Crippen LogP contribution >= 0.6 is 0 Å². The summed E-state index contributed by atoms with van der Waals surface area (Å²) >= 11 is 0. The number of hydrogen-bond acceptors (Lipinski definition) is 2. The minimum Gasteiger partial charge on any atom is -0.388 e. The van der Waals surface area contributed by atoms with E-state index in [-0.39, 0.29) is 0 Å². The number of nitrogens with one attached hydrogen (secondary N) is 2. The fourth-order valence-electron chi connectivity index (χ4n) is 1.18. The first-order valence-corrected chi connectivity index (χ1v) is 3.91. The summed E-state index contributed by atoms with van der Waals surface area (Å²) in [6.07, 6.45) is 0. The normalized spacial score (nSPS) is 21.4. The first-order chi connectivity index (χ1) is 5.40. The maximum Gasteiger partial charge on any atom is 0.0447 e. The second-order valence-electron chi connectivity index (χ2n) is 2.83. The molecule has 1 aromatic rings. The van der Waals surface area contributed by atoms with Crippen LogP contribution in [-0.4, -0.2) is 13.6 Å². The summed E-state index contributed by atoms with van der Waals surface area (Å²) in [5.41, 5.74) is 2.57. The third-order valence-corrected chi connectivity index (χ3v) is 2.01. The third kappa shape index (κ3) is 1.35. The summed E-state index contributed by atoms with van der Waals surface area (Å²) in [5, 5.41) is 6.36. The molecule has 1 heterocycles. The lowest BCUT2D eigenvalue weighted by molar-refractivity contribution is 1.08. The Morgan fingerprint density at radius 3 is 2.45 bits per heavy atom. The smallest absolute Gasteiger partial charge is 0.0447 e. The van der Waals surface area contributed by atoms with E-state index in [1.54, 1.807) is 0 Å². The van der Waals surface area contributed by atoms with E-state index in [0.717, 1.165) is 6.54 Å². The van der Waals surface area contributed by atoms with Crippen molar-refractivity contribution in [1.82, 2.24) is 5.32 Å². The zero-order valence-electron chi connectivity index (χ0n) is 6.59. The number of benzene rings is 1. The van der Waals surface area contributed by atoms with Crippen molar-refractivity contribution in [3.63, 3.8) is 0 Å². The predicted octanol–water partition coefficient (Wildman–Crippen LogP) is 1.37. The summed E-state index contributed by atoms with van der Waals surface area (Å²) in [7, 11) is 1.93. The molecule has 1 aromatic carbocycles. The Balaban J connectivity index is 2.19. The van der Waals surface area contributed by atoms with Gasteiger partial charge in [0, 0.05) is 25.3 Å². The van der Waals surface area contributed by atoms with Crippen LogP contribution in [0.15, 0.2) is 24.3 Å². The van der Waals surface area contributed by atoms with Crippen LogP contribution in [0.2, 0.25) is 0 Å². The third-order valence-electron chi connectivity index (χ3n) is 2.01. The molecule has 58 valence electrons. The first-order valence-electron chi connectivity index (χ1n) is 3.91. The van der Waals surface area contributed by atoms with Crippen LogP contribution in [0.1, 0.15) is 11.6 Å². The zero-order chi connectivity index (χ0) is 7.68. The van der Waals surface area contributed by atoms with E-state index in [4.69, 9.17) is 0 Å². The summed E-state index contributed by atoms with van der Waals surface area (Å²) in [5.74, 6) is 0. The zero-order valence-corrected chi connectivity index (χ0v) is 6.59. The highest BCUT2D eigenvalue weighted by Crippen LogP contribution is 2.22. The largest absolute Gasteiger partial charge is 0.388 e. The number of anilines is 1. The van der Waals surface area contributed by atoms with Gasteiger partial charge in [-0.15, -0.1) is 0 Å². The molecule has 0 aliphatic carbocycles. The Morgan fingerprint density at radius 1 is 1.36 bits per heavy atom. The number of hydrogen-bond donors (Lipinski definition) is 2. The van der Waals surface area contributed by atoms with Gasteiger partial charge in [-0.1, -0.05) is 12.1 Å². The minimum atomic E-state index is 0.626. The van der Waals surface area contributed by atoms with Gasteiger partial charge in [0.1, 0.15) is 0 Å². The van der Waals surface area contributed by atoms with Crippen molar-refractivity contribution >= 4 is 5.69 Å². The van der Waals surface area contributed by atoms with Crippen LogP contribution in [0.4, 0.5) is 5.69 Å². The van der Waals surface area contributed by atoms with E-state index in [1.807, 2.05) is 7.05 Å². The van der Waals surface area contributed by atoms with Crippen molar-refractivity contribution in [2.24, 2.45) is 0 Å². The molecule has 0 saturated carbocycles. The van der Waals surface area contributed by atoms with Gasteiger partial charge in [0.2, 0.25) is 0 Å². The summed E-state index contributed by atoms with van der Waals surface area (Å²) in [6, 6.07) is 9.17. The minimum absolute atomic E-state index is 0.626. The molecule has 1 aliphatic rings. The lowest BCUT2D eigenvalue weighted by Gasteiger charge is -2.00. The molecule has 1 unspecified atom stereocenters. The first kappa shape index (κ1) is 6.68. The SMILES string of the molecule is CNc1ccc(C2CN2)cc1. The van der Waals surface area contributed by atoms with E-state index < -0.39 is 0 Å². The second kappa shape index (κ2) is 2.55. The van der Waals surface area contributed by atoms with Gasteiger partial charge < -0.3 is 10.6 Å². The Hall–Kier alpha value is -1.02. The fraction of sp³-hybridized carbons (Fsp3) is 0.333. The molecular weight excluding hydrogens is 136 g/mol. The molecule has 1 atom stereocenters. The highest BCUT2D eigenvalue weighted by Gasteiger charge is 2.21. The molecule has 2 heteroatoms. The molecule has 0 radical (unpaired) electrons. The maximum atomic E-state index is 3.27. The van der Waals surface area contributed by atoms with Gasteiger partial charge in [0.05, 0.1) is 0 Å². The molecule has 0 amide bonds. The van der Waals surface area contributed by atoms with E-state index in [9.17, 15) is 0 Å². The fourth-order valence-corrected chi connectivity index (χ4v) is 1.18. The topological polar surface area (TPSA) is 34.0 Å². The predicted molar refractivity (Wildman–Crippen MR) is 46.7 cm³/mol. The summed E-state index contributed by atoms with van der Waals surface area (Å²) < 4.78 is 0. The molecule has 0 spiro atoms. The van der Waals surface area contributed by atoms with Crippen molar-refractivity contribution in [2.75, 3.05) is 18.9 Å². The highest BCUT2D eigenvalue weighted by molar-refractivity contribution is 5.45. The van der Waals surface area contributed by atoms with Gasteiger partial charge in [-0.2, -0.15) is 0 Å². The van der Waals surface area contributed by atoms with Gasteiger partial charge in [0.25, 0.3) is 0 Å². The van der Waals surface area contributed by atoms with Crippen molar-refractivity contribution in [1.29, 1.82) is 0 Å². The molecule has 2 rings (SSSR count).